The van der Waals surface area contributed by atoms with E-state index in [0.717, 1.165) is 55.9 Å². The van der Waals surface area contributed by atoms with Crippen molar-refractivity contribution in [3.8, 4) is 11.5 Å². The molecule has 0 spiro atoms. The maximum Gasteiger partial charge on any atom is 0.186 e. The zero-order valence-electron chi connectivity index (χ0n) is 28.8. The van der Waals surface area contributed by atoms with E-state index in [1.165, 1.54) is 43.0 Å². The van der Waals surface area contributed by atoms with E-state index >= 15 is 0 Å². The second-order valence-electron chi connectivity index (χ2n) is 12.7. The SMILES string of the molecule is COCCOc1cc2ncnc(Nc3ccc(N4CCN(CCC(C)CCC=C(C)C)CC4)c(C4=CC(=O)C=CC4=O)c3)c2cc1OC. The molecule has 2 heterocycles. The minimum atomic E-state index is -0.199. The Morgan fingerprint density at radius 2 is 1.79 bits per heavy atom. The number of hydrogen-bond acceptors (Lipinski definition) is 10. The van der Waals surface area contributed by atoms with E-state index in [1.807, 2.05) is 30.3 Å². The van der Waals surface area contributed by atoms with Crippen molar-refractivity contribution in [1.82, 2.24) is 14.9 Å². The lowest BCUT2D eigenvalue weighted by Gasteiger charge is -2.37. The fourth-order valence-electron chi connectivity index (χ4n) is 6.05. The highest BCUT2D eigenvalue weighted by molar-refractivity contribution is 6.34. The predicted molar refractivity (Wildman–Crippen MR) is 191 cm³/mol. The van der Waals surface area contributed by atoms with Crippen LogP contribution in [-0.4, -0.2) is 86.6 Å². The van der Waals surface area contributed by atoms with Crippen LogP contribution in [0.1, 0.15) is 45.6 Å². The summed E-state index contributed by atoms with van der Waals surface area (Å²) in [6.07, 6.45) is 11.5. The second-order valence-corrected chi connectivity index (χ2v) is 12.7. The summed E-state index contributed by atoms with van der Waals surface area (Å²) in [6.45, 7) is 12.1. The Kier molecular flexibility index (Phi) is 12.0. The van der Waals surface area contributed by atoms with Gasteiger partial charge in [0.2, 0.25) is 0 Å². The van der Waals surface area contributed by atoms with Gasteiger partial charge >= 0.3 is 0 Å². The van der Waals surface area contributed by atoms with Crippen molar-refractivity contribution >= 4 is 45.2 Å². The topological polar surface area (TPSA) is 106 Å². The van der Waals surface area contributed by atoms with Crippen LogP contribution in [0.3, 0.4) is 0 Å². The van der Waals surface area contributed by atoms with Crippen LogP contribution in [0.2, 0.25) is 0 Å². The van der Waals surface area contributed by atoms with E-state index in [2.05, 4.69) is 51.9 Å². The molecule has 1 N–H and O–H groups in total. The van der Waals surface area contributed by atoms with Crippen molar-refractivity contribution in [3.63, 3.8) is 0 Å². The number of nitrogens with one attached hydrogen (secondary N) is 1. The third-order valence-corrected chi connectivity index (χ3v) is 8.83. The first kappa shape index (κ1) is 34.8. The Balaban J connectivity index is 1.36. The molecule has 1 aliphatic heterocycles. The van der Waals surface area contributed by atoms with Crippen LogP contribution in [0.5, 0.6) is 11.5 Å². The first-order valence-corrected chi connectivity index (χ1v) is 16.7. The molecular formula is C38H47N5O5. The Morgan fingerprint density at radius 1 is 0.979 bits per heavy atom. The van der Waals surface area contributed by atoms with Gasteiger partial charge < -0.3 is 24.4 Å². The molecule has 1 aromatic heterocycles. The van der Waals surface area contributed by atoms with Crippen molar-refractivity contribution in [3.05, 3.63) is 72.1 Å². The lowest BCUT2D eigenvalue weighted by molar-refractivity contribution is -0.113. The van der Waals surface area contributed by atoms with Crippen LogP contribution in [0.4, 0.5) is 17.2 Å². The highest BCUT2D eigenvalue weighted by Gasteiger charge is 2.25. The average Bonchev–Trinajstić information content (AvgIpc) is 3.08. The van der Waals surface area contributed by atoms with E-state index < -0.39 is 0 Å². The summed E-state index contributed by atoms with van der Waals surface area (Å²) in [5, 5.41) is 4.16. The zero-order chi connectivity index (χ0) is 34.0. The number of methoxy groups -OCH3 is 2. The minimum absolute atomic E-state index is 0.188. The van der Waals surface area contributed by atoms with Crippen molar-refractivity contribution in [1.29, 1.82) is 0 Å². The van der Waals surface area contributed by atoms with Crippen LogP contribution < -0.4 is 19.7 Å². The molecule has 5 rings (SSSR count). The first-order valence-electron chi connectivity index (χ1n) is 16.7. The number of aromatic nitrogens is 2. The maximum absolute atomic E-state index is 13.1. The molecule has 48 heavy (non-hydrogen) atoms. The van der Waals surface area contributed by atoms with E-state index in [4.69, 9.17) is 14.2 Å². The summed E-state index contributed by atoms with van der Waals surface area (Å²) in [5.74, 6) is 1.98. The number of ether oxygens (including phenoxy) is 3. The number of carbonyl (C=O) groups excluding carboxylic acids is 2. The summed E-state index contributed by atoms with van der Waals surface area (Å²) in [7, 11) is 3.21. The zero-order valence-corrected chi connectivity index (χ0v) is 28.8. The largest absolute Gasteiger partial charge is 0.493 e. The van der Waals surface area contributed by atoms with Crippen molar-refractivity contribution in [2.75, 3.05) is 70.4 Å². The number of hydrogen-bond donors (Lipinski definition) is 1. The van der Waals surface area contributed by atoms with E-state index in [1.54, 1.807) is 14.2 Å². The molecule has 2 aliphatic rings. The average molecular weight is 654 g/mol. The first-order chi connectivity index (χ1) is 23.2. The fraction of sp³-hybridized carbons (Fsp3) is 0.421. The standard InChI is InChI=1S/C38H47N5O5/c1-26(2)7-6-8-27(3)13-14-42-15-17-43(18-16-42)34-11-9-28(21-30(34)31-22-29(44)10-12-35(31)45)41-38-32-23-36(47-5)37(48-20-19-46-4)24-33(32)39-25-40-38/h7,9-12,21-25,27H,6,8,13-20H2,1-5H3,(H,39,40,41). The maximum atomic E-state index is 13.1. The number of carbonyl (C=O) groups is 2. The van der Waals surface area contributed by atoms with Gasteiger partial charge in [0.15, 0.2) is 23.1 Å². The van der Waals surface area contributed by atoms with Gasteiger partial charge in [0.25, 0.3) is 0 Å². The molecule has 0 radical (unpaired) electrons. The number of ketones is 2. The summed E-state index contributed by atoms with van der Waals surface area (Å²) in [5.41, 5.74) is 4.83. The number of anilines is 3. The van der Waals surface area contributed by atoms with Crippen molar-refractivity contribution in [2.24, 2.45) is 5.92 Å². The Labute approximate surface area is 283 Å². The third-order valence-electron chi connectivity index (χ3n) is 8.83. The molecule has 1 aliphatic carbocycles. The highest BCUT2D eigenvalue weighted by atomic mass is 16.5. The number of piperazine rings is 1. The van der Waals surface area contributed by atoms with Crippen LogP contribution in [-0.2, 0) is 14.3 Å². The molecule has 10 heteroatoms. The molecule has 3 aromatic rings. The molecule has 0 bridgehead atoms. The normalized spacial score (nSPS) is 15.8. The van der Waals surface area contributed by atoms with Crippen molar-refractivity contribution in [2.45, 2.75) is 40.0 Å². The Morgan fingerprint density at radius 3 is 2.54 bits per heavy atom. The highest BCUT2D eigenvalue weighted by Crippen LogP contribution is 2.37. The van der Waals surface area contributed by atoms with Gasteiger partial charge in [0, 0.05) is 67.3 Å². The molecule has 254 valence electrons. The van der Waals surface area contributed by atoms with Crippen LogP contribution in [0.25, 0.3) is 16.5 Å². The van der Waals surface area contributed by atoms with Crippen LogP contribution in [0, 0.1) is 5.92 Å². The Bertz CT molecular complexity index is 1700. The Hall–Kier alpha value is -4.54. The third kappa shape index (κ3) is 8.87. The van der Waals surface area contributed by atoms with Gasteiger partial charge in [0.1, 0.15) is 18.8 Å². The predicted octanol–water partition coefficient (Wildman–Crippen LogP) is 6.39. The lowest BCUT2D eigenvalue weighted by Crippen LogP contribution is -2.47. The van der Waals surface area contributed by atoms with Gasteiger partial charge in [-0.15, -0.1) is 0 Å². The number of allylic oxidation sites excluding steroid dienone is 6. The molecule has 2 aromatic carbocycles. The molecular weight excluding hydrogens is 606 g/mol. The molecule has 1 unspecified atom stereocenters. The molecule has 1 saturated heterocycles. The number of benzene rings is 2. The molecule has 0 amide bonds. The quantitative estimate of drug-likeness (QED) is 0.113. The van der Waals surface area contributed by atoms with Gasteiger partial charge in [0.05, 0.1) is 19.2 Å². The lowest BCUT2D eigenvalue weighted by atomic mass is 9.93. The smallest absolute Gasteiger partial charge is 0.186 e. The summed E-state index contributed by atoms with van der Waals surface area (Å²) in [6, 6.07) is 9.60. The van der Waals surface area contributed by atoms with E-state index in [-0.39, 0.29) is 11.6 Å². The number of fused-ring (bicyclic) bond motifs is 1. The monoisotopic (exact) mass is 653 g/mol. The summed E-state index contributed by atoms with van der Waals surface area (Å²) >= 11 is 0. The van der Waals surface area contributed by atoms with E-state index in [0.29, 0.717) is 53.1 Å². The molecule has 10 nitrogen and oxygen atoms in total. The van der Waals surface area contributed by atoms with E-state index in [9.17, 15) is 9.59 Å². The molecule has 0 saturated carbocycles. The molecule has 1 atom stereocenters. The van der Waals surface area contributed by atoms with Gasteiger partial charge in [-0.25, -0.2) is 9.97 Å². The second kappa shape index (κ2) is 16.5. The summed E-state index contributed by atoms with van der Waals surface area (Å²) in [4.78, 5) is 39.4. The summed E-state index contributed by atoms with van der Waals surface area (Å²) < 4.78 is 16.6. The van der Waals surface area contributed by atoms with Gasteiger partial charge in [-0.2, -0.15) is 0 Å². The van der Waals surface area contributed by atoms with Crippen LogP contribution in [0.15, 0.2) is 66.5 Å². The van der Waals surface area contributed by atoms with Crippen molar-refractivity contribution < 1.29 is 23.8 Å². The number of nitrogens with zero attached hydrogens (tertiary/aromatic N) is 4. The molecule has 1 fully saturated rings. The minimum Gasteiger partial charge on any atom is -0.493 e. The van der Waals surface area contributed by atoms with Gasteiger partial charge in [-0.05, 0) is 88.1 Å². The number of rotatable bonds is 15. The fourth-order valence-corrected chi connectivity index (χ4v) is 6.05. The van der Waals surface area contributed by atoms with Crippen LogP contribution >= 0.6 is 0 Å². The van der Waals surface area contributed by atoms with Gasteiger partial charge in [-0.3, -0.25) is 14.5 Å². The van der Waals surface area contributed by atoms with Gasteiger partial charge in [-0.1, -0.05) is 18.6 Å².